The summed E-state index contributed by atoms with van der Waals surface area (Å²) in [6.07, 6.45) is 1.08. The molecule has 0 aliphatic heterocycles. The molecule has 0 saturated heterocycles. The molecule has 8 heteroatoms. The smallest absolute Gasteiger partial charge is 0.253 e. The number of fused-ring (bicyclic) bond motifs is 1. The van der Waals surface area contributed by atoms with Crippen molar-refractivity contribution < 1.29 is 13.2 Å². The highest BCUT2D eigenvalue weighted by molar-refractivity contribution is 7.92. The number of aryl methyl sites for hydroxylation is 2. The Morgan fingerprint density at radius 3 is 2.39 bits per heavy atom. The molecule has 170 valence electrons. The Kier molecular flexibility index (Phi) is 6.20. The van der Waals surface area contributed by atoms with Crippen molar-refractivity contribution in [3.05, 3.63) is 94.8 Å². The number of carbonyl (C=O) groups excluding carboxylic acids is 1. The Bertz CT molecular complexity index is 1430. The molecular formula is C25H26N4O3S. The van der Waals surface area contributed by atoms with Gasteiger partial charge in [-0.25, -0.2) is 13.4 Å². The van der Waals surface area contributed by atoms with E-state index in [0.717, 1.165) is 28.8 Å². The molecule has 7 nitrogen and oxygen atoms in total. The topological polar surface area (TPSA) is 93.1 Å². The highest BCUT2D eigenvalue weighted by Gasteiger charge is 2.20. The lowest BCUT2D eigenvalue weighted by Crippen LogP contribution is -2.24. The zero-order valence-electron chi connectivity index (χ0n) is 18.8. The van der Waals surface area contributed by atoms with Gasteiger partial charge >= 0.3 is 0 Å². The molecule has 3 aromatic carbocycles. The van der Waals surface area contributed by atoms with Gasteiger partial charge in [-0.3, -0.25) is 9.52 Å². The van der Waals surface area contributed by atoms with Gasteiger partial charge in [0.1, 0.15) is 5.82 Å². The van der Waals surface area contributed by atoms with E-state index in [1.165, 1.54) is 0 Å². The van der Waals surface area contributed by atoms with Crippen LogP contribution >= 0.6 is 0 Å². The Morgan fingerprint density at radius 2 is 1.70 bits per heavy atom. The monoisotopic (exact) mass is 462 g/mol. The number of benzene rings is 3. The largest absolute Gasteiger partial charge is 0.348 e. The number of imidazole rings is 1. The summed E-state index contributed by atoms with van der Waals surface area (Å²) in [5.41, 5.74) is 5.06. The van der Waals surface area contributed by atoms with Crippen LogP contribution in [0.25, 0.3) is 11.0 Å². The molecule has 0 saturated carbocycles. The van der Waals surface area contributed by atoms with Crippen molar-refractivity contribution in [3.63, 3.8) is 0 Å². The number of nitrogens with zero attached hydrogens (tertiary/aromatic N) is 2. The molecule has 4 aromatic rings. The number of anilines is 1. The number of rotatable bonds is 7. The fourth-order valence-electron chi connectivity index (χ4n) is 3.87. The van der Waals surface area contributed by atoms with Gasteiger partial charge in [0.05, 0.1) is 28.5 Å². The summed E-state index contributed by atoms with van der Waals surface area (Å²) in [5.74, 6) is 0.438. The second kappa shape index (κ2) is 9.07. The van der Waals surface area contributed by atoms with Crippen molar-refractivity contribution in [1.82, 2.24) is 14.9 Å². The molecule has 1 heterocycles. The van der Waals surface area contributed by atoms with Crippen molar-refractivity contribution in [2.75, 3.05) is 11.0 Å². The van der Waals surface area contributed by atoms with E-state index in [1.54, 1.807) is 12.1 Å². The Balaban J connectivity index is 1.78. The molecule has 0 spiro atoms. The number of carbonyl (C=O) groups is 1. The minimum absolute atomic E-state index is 0.297. The fraction of sp³-hybridized carbons (Fsp3) is 0.200. The van der Waals surface area contributed by atoms with Crippen molar-refractivity contribution in [3.8, 4) is 0 Å². The van der Waals surface area contributed by atoms with Crippen LogP contribution < -0.4 is 10.0 Å². The van der Waals surface area contributed by atoms with Crippen molar-refractivity contribution in [2.24, 2.45) is 0 Å². The molecule has 0 fully saturated rings. The minimum atomic E-state index is -3.52. The standard InChI is InChI=1S/C25H26N4O3S/c1-17-9-7-8-12-20(17)15-26-25(30)22-13-21(28-33(3,31)32)14-23-24(22)29(18(2)27-23)16-19-10-5-4-6-11-19/h4-14,28H,15-16H2,1-3H3,(H,26,30). The molecule has 0 aliphatic rings. The maximum atomic E-state index is 13.3. The van der Waals surface area contributed by atoms with Crippen LogP contribution in [0.4, 0.5) is 5.69 Å². The van der Waals surface area contributed by atoms with Crippen molar-refractivity contribution in [2.45, 2.75) is 26.9 Å². The normalized spacial score (nSPS) is 11.5. The number of hydrogen-bond donors (Lipinski definition) is 2. The molecule has 33 heavy (non-hydrogen) atoms. The van der Waals surface area contributed by atoms with Crippen LogP contribution in [0, 0.1) is 13.8 Å². The summed E-state index contributed by atoms with van der Waals surface area (Å²) < 4.78 is 28.1. The van der Waals surface area contributed by atoms with Gasteiger partial charge in [0.15, 0.2) is 0 Å². The van der Waals surface area contributed by atoms with Gasteiger partial charge in [-0.2, -0.15) is 0 Å². The first-order valence-electron chi connectivity index (χ1n) is 10.6. The van der Waals surface area contributed by atoms with E-state index in [9.17, 15) is 13.2 Å². The third-order valence-electron chi connectivity index (χ3n) is 5.46. The van der Waals surface area contributed by atoms with E-state index in [-0.39, 0.29) is 5.91 Å². The SMILES string of the molecule is Cc1ccccc1CNC(=O)c1cc(NS(C)(=O)=O)cc2nc(C)n(Cc3ccccc3)c12. The lowest BCUT2D eigenvalue weighted by Gasteiger charge is -2.14. The first-order valence-corrected chi connectivity index (χ1v) is 12.5. The van der Waals surface area contributed by atoms with Crippen LogP contribution in [0.1, 0.15) is 32.9 Å². The average Bonchev–Trinajstić information content (AvgIpc) is 3.06. The zero-order chi connectivity index (χ0) is 23.6. The first-order chi connectivity index (χ1) is 15.7. The maximum absolute atomic E-state index is 13.3. The molecule has 0 atom stereocenters. The lowest BCUT2D eigenvalue weighted by molar-refractivity contribution is 0.0952. The van der Waals surface area contributed by atoms with E-state index in [4.69, 9.17) is 0 Å². The lowest BCUT2D eigenvalue weighted by atomic mass is 10.1. The quantitative estimate of drug-likeness (QED) is 0.434. The third-order valence-corrected chi connectivity index (χ3v) is 6.07. The summed E-state index contributed by atoms with van der Waals surface area (Å²) in [7, 11) is -3.52. The van der Waals surface area contributed by atoms with E-state index >= 15 is 0 Å². The molecule has 2 N–H and O–H groups in total. The summed E-state index contributed by atoms with van der Waals surface area (Å²) in [5, 5.41) is 2.98. The Labute approximate surface area is 193 Å². The summed E-state index contributed by atoms with van der Waals surface area (Å²) >= 11 is 0. The number of aromatic nitrogens is 2. The number of amides is 1. The van der Waals surface area contributed by atoms with Gasteiger partial charge < -0.3 is 9.88 Å². The van der Waals surface area contributed by atoms with Crippen LogP contribution in [0.5, 0.6) is 0 Å². The summed E-state index contributed by atoms with van der Waals surface area (Å²) in [6, 6.07) is 21.0. The first kappa shape index (κ1) is 22.5. The zero-order valence-corrected chi connectivity index (χ0v) is 19.6. The predicted molar refractivity (Wildman–Crippen MR) is 131 cm³/mol. The Morgan fingerprint density at radius 1 is 1.00 bits per heavy atom. The third kappa shape index (κ3) is 5.23. The predicted octanol–water partition coefficient (Wildman–Crippen LogP) is 4.00. The highest BCUT2D eigenvalue weighted by Crippen LogP contribution is 2.27. The molecular weight excluding hydrogens is 436 g/mol. The number of sulfonamides is 1. The van der Waals surface area contributed by atoms with Crippen molar-refractivity contribution in [1.29, 1.82) is 0 Å². The van der Waals surface area contributed by atoms with Gasteiger partial charge in [-0.1, -0.05) is 54.6 Å². The van der Waals surface area contributed by atoms with Crippen LogP contribution in [-0.2, 0) is 23.1 Å². The molecule has 0 bridgehead atoms. The average molecular weight is 463 g/mol. The molecule has 1 amide bonds. The van der Waals surface area contributed by atoms with Crippen LogP contribution in [0.3, 0.4) is 0 Å². The van der Waals surface area contributed by atoms with Gasteiger partial charge in [-0.15, -0.1) is 0 Å². The maximum Gasteiger partial charge on any atom is 0.253 e. The van der Waals surface area contributed by atoms with Gasteiger partial charge in [0.2, 0.25) is 10.0 Å². The van der Waals surface area contributed by atoms with Crippen LogP contribution in [-0.4, -0.2) is 30.1 Å². The van der Waals surface area contributed by atoms with Gasteiger partial charge in [0.25, 0.3) is 5.91 Å². The molecule has 0 radical (unpaired) electrons. The Hall–Kier alpha value is -3.65. The molecule has 1 aromatic heterocycles. The van der Waals surface area contributed by atoms with Crippen LogP contribution in [0.2, 0.25) is 0 Å². The van der Waals surface area contributed by atoms with Crippen LogP contribution in [0.15, 0.2) is 66.7 Å². The van der Waals surface area contributed by atoms with Gasteiger partial charge in [0, 0.05) is 13.1 Å². The van der Waals surface area contributed by atoms with E-state index in [2.05, 4.69) is 15.0 Å². The molecule has 0 aliphatic carbocycles. The molecule has 0 unspecified atom stereocenters. The summed E-state index contributed by atoms with van der Waals surface area (Å²) in [4.78, 5) is 18.0. The fourth-order valence-corrected chi connectivity index (χ4v) is 4.42. The van der Waals surface area contributed by atoms with Gasteiger partial charge in [-0.05, 0) is 42.7 Å². The van der Waals surface area contributed by atoms with E-state index in [1.807, 2.05) is 73.0 Å². The number of nitrogens with one attached hydrogen (secondary N) is 2. The van der Waals surface area contributed by atoms with Crippen molar-refractivity contribution >= 4 is 32.7 Å². The summed E-state index contributed by atoms with van der Waals surface area (Å²) in [6.45, 7) is 4.78. The minimum Gasteiger partial charge on any atom is -0.348 e. The second-order valence-electron chi connectivity index (χ2n) is 8.11. The number of hydrogen-bond acceptors (Lipinski definition) is 4. The highest BCUT2D eigenvalue weighted by atomic mass is 32.2. The van der Waals surface area contributed by atoms with E-state index < -0.39 is 10.0 Å². The second-order valence-corrected chi connectivity index (χ2v) is 9.85. The van der Waals surface area contributed by atoms with E-state index in [0.29, 0.717) is 35.4 Å². The molecule has 4 rings (SSSR count).